The Kier molecular flexibility index (Phi) is 8.14. The van der Waals surface area contributed by atoms with E-state index >= 15 is 0 Å². The zero-order chi connectivity index (χ0) is 24.1. The monoisotopic (exact) mass is 472 g/mol. The van der Waals surface area contributed by atoms with E-state index in [1.807, 2.05) is 32.0 Å². The number of aliphatic hydroxyl groups is 1. The number of benzene rings is 1. The van der Waals surface area contributed by atoms with Gasteiger partial charge in [-0.2, -0.15) is 18.9 Å². The summed E-state index contributed by atoms with van der Waals surface area (Å²) in [6.45, 7) is 4.22. The molecule has 0 aliphatic carbocycles. The number of hydrogen-bond donors (Lipinski definition) is 2. The van der Waals surface area contributed by atoms with Crippen LogP contribution in [-0.2, 0) is 23.3 Å². The van der Waals surface area contributed by atoms with Crippen LogP contribution in [-0.4, -0.2) is 33.9 Å². The fraction of sp³-hybridized carbons (Fsp3) is 0.227. The Bertz CT molecular complexity index is 1310. The Labute approximate surface area is 191 Å². The molecule has 0 amide bonds. The molecule has 0 saturated heterocycles. The second kappa shape index (κ2) is 10.4. The molecule has 0 aliphatic rings. The second-order valence-corrected chi connectivity index (χ2v) is 8.82. The van der Waals surface area contributed by atoms with Crippen molar-refractivity contribution in [1.82, 2.24) is 9.55 Å². The zero-order valence-electron chi connectivity index (χ0n) is 17.7. The third-order valence-electron chi connectivity index (χ3n) is 4.68. The molecule has 166 valence electrons. The molecule has 0 radical (unpaired) electrons. The van der Waals surface area contributed by atoms with Gasteiger partial charge >= 0.3 is 0 Å². The van der Waals surface area contributed by atoms with Crippen molar-refractivity contribution in [3.63, 3.8) is 0 Å². The van der Waals surface area contributed by atoms with Gasteiger partial charge in [-0.25, -0.2) is 4.98 Å². The molecule has 0 fully saturated rings. The van der Waals surface area contributed by atoms with Gasteiger partial charge in [-0.15, -0.1) is 0 Å². The number of pyridine rings is 1. The first-order chi connectivity index (χ1) is 15.0. The fourth-order valence-corrected chi connectivity index (χ4v) is 3.41. The van der Waals surface area contributed by atoms with E-state index in [4.69, 9.17) is 21.4 Å². The summed E-state index contributed by atoms with van der Waals surface area (Å²) < 4.78 is 27.9. The molecule has 2 heterocycles. The molecule has 0 unspecified atom stereocenters. The average Bonchev–Trinajstić information content (AvgIpc) is 2.97. The molecule has 10 heteroatoms. The number of hydrogen-bond acceptors (Lipinski definition) is 6. The first-order valence-electron chi connectivity index (χ1n) is 9.27. The van der Waals surface area contributed by atoms with Gasteiger partial charge in [-0.1, -0.05) is 23.7 Å². The number of aromatic nitrogens is 2. The molecule has 8 nitrogen and oxygen atoms in total. The van der Waals surface area contributed by atoms with Crippen molar-refractivity contribution in [2.75, 3.05) is 6.26 Å². The van der Waals surface area contributed by atoms with E-state index in [1.54, 1.807) is 18.3 Å². The zero-order valence-corrected chi connectivity index (χ0v) is 19.2. The summed E-state index contributed by atoms with van der Waals surface area (Å²) in [5, 5.41) is 28.4. The third-order valence-corrected chi connectivity index (χ3v) is 5.02. The van der Waals surface area contributed by atoms with Crippen molar-refractivity contribution >= 4 is 21.7 Å². The summed E-state index contributed by atoms with van der Waals surface area (Å²) in [5.74, 6) is 0. The highest BCUT2D eigenvalue weighted by atomic mass is 35.5. The number of aliphatic hydroxyl groups excluding tert-OH is 1. The minimum Gasteiger partial charge on any atom is -0.392 e. The van der Waals surface area contributed by atoms with Crippen molar-refractivity contribution in [1.29, 1.82) is 10.5 Å². The lowest BCUT2D eigenvalue weighted by Gasteiger charge is -2.11. The molecule has 0 saturated carbocycles. The highest BCUT2D eigenvalue weighted by Crippen LogP contribution is 2.32. The summed E-state index contributed by atoms with van der Waals surface area (Å²) >= 11 is 5.97. The second-order valence-electron chi connectivity index (χ2n) is 6.99. The first kappa shape index (κ1) is 25.1. The molecule has 0 bridgehead atoms. The number of nitrogens with zero attached hydrogens (tertiary/aromatic N) is 4. The van der Waals surface area contributed by atoms with Gasteiger partial charge in [-0.3, -0.25) is 4.55 Å². The van der Waals surface area contributed by atoms with Crippen molar-refractivity contribution < 1.29 is 18.1 Å². The van der Waals surface area contributed by atoms with Crippen LogP contribution in [0.2, 0.25) is 5.15 Å². The minimum absolute atomic E-state index is 0.177. The van der Waals surface area contributed by atoms with E-state index in [9.17, 15) is 18.8 Å². The van der Waals surface area contributed by atoms with E-state index in [-0.39, 0.29) is 11.8 Å². The molecular weight excluding hydrogens is 452 g/mol. The van der Waals surface area contributed by atoms with Crippen molar-refractivity contribution in [2.45, 2.75) is 27.0 Å². The highest BCUT2D eigenvalue weighted by Gasteiger charge is 2.19. The summed E-state index contributed by atoms with van der Waals surface area (Å²) in [6, 6.07) is 13.5. The van der Waals surface area contributed by atoms with Gasteiger partial charge in [0.2, 0.25) is 0 Å². The average molecular weight is 473 g/mol. The van der Waals surface area contributed by atoms with Crippen LogP contribution in [0, 0.1) is 36.5 Å². The normalized spacial score (nSPS) is 10.6. The van der Waals surface area contributed by atoms with Crippen LogP contribution in [0.1, 0.15) is 33.6 Å². The van der Waals surface area contributed by atoms with Crippen LogP contribution in [0.25, 0.3) is 11.1 Å². The molecule has 0 aliphatic heterocycles. The van der Waals surface area contributed by atoms with Crippen molar-refractivity contribution in [3.05, 3.63) is 75.3 Å². The summed E-state index contributed by atoms with van der Waals surface area (Å²) in [4.78, 5) is 4.13. The highest BCUT2D eigenvalue weighted by molar-refractivity contribution is 7.85. The summed E-state index contributed by atoms with van der Waals surface area (Å²) in [7, 11) is -3.67. The Morgan fingerprint density at radius 2 is 1.72 bits per heavy atom. The van der Waals surface area contributed by atoms with E-state index in [2.05, 4.69) is 21.7 Å². The molecule has 2 aromatic heterocycles. The van der Waals surface area contributed by atoms with Gasteiger partial charge in [0.15, 0.2) is 0 Å². The molecule has 2 N–H and O–H groups in total. The van der Waals surface area contributed by atoms with Gasteiger partial charge in [0, 0.05) is 35.3 Å². The van der Waals surface area contributed by atoms with E-state index in [0.29, 0.717) is 29.5 Å². The SMILES string of the molecule is CS(=O)(=O)O.Cc1c(C#N)c(-c2ccc(C#N)cc2)c(C)n1Cc1cnc(Cl)c(CO)c1. The Balaban J connectivity index is 0.000000654. The first-order valence-corrected chi connectivity index (χ1v) is 11.5. The number of rotatable bonds is 4. The summed E-state index contributed by atoms with van der Waals surface area (Å²) in [5.41, 5.74) is 6.23. The van der Waals surface area contributed by atoms with Crippen LogP contribution in [0.5, 0.6) is 0 Å². The molecule has 3 aromatic rings. The number of halogens is 1. The Morgan fingerprint density at radius 3 is 2.22 bits per heavy atom. The Hall–Kier alpha value is -3.21. The molecule has 0 spiro atoms. The standard InChI is InChI=1S/C21H17ClN4O.CH4O3S/c1-13-19(9-24)20(17-5-3-15(8-23)4-6-17)14(2)26(13)11-16-7-18(12-27)21(22)25-10-16;1-5(2,3)4/h3-7,10,27H,11-12H2,1-2H3;1H3,(H,2,3,4). The lowest BCUT2D eigenvalue weighted by molar-refractivity contribution is 0.281. The predicted octanol–water partition coefficient (Wildman–Crippen LogP) is 3.61. The van der Waals surface area contributed by atoms with Crippen LogP contribution in [0.3, 0.4) is 0 Å². The fourth-order valence-electron chi connectivity index (χ4n) is 3.24. The maximum Gasteiger partial charge on any atom is 0.261 e. The predicted molar refractivity (Wildman–Crippen MR) is 121 cm³/mol. The van der Waals surface area contributed by atoms with Gasteiger partial charge in [-0.05, 0) is 43.2 Å². The van der Waals surface area contributed by atoms with Crippen LogP contribution in [0.4, 0.5) is 0 Å². The van der Waals surface area contributed by atoms with Gasteiger partial charge in [0.25, 0.3) is 10.1 Å². The largest absolute Gasteiger partial charge is 0.392 e. The lowest BCUT2D eigenvalue weighted by Crippen LogP contribution is -2.05. The summed E-state index contributed by atoms with van der Waals surface area (Å²) in [6.07, 6.45) is 2.39. The Morgan fingerprint density at radius 1 is 1.12 bits per heavy atom. The van der Waals surface area contributed by atoms with Crippen molar-refractivity contribution in [2.24, 2.45) is 0 Å². The van der Waals surface area contributed by atoms with Crippen LogP contribution < -0.4 is 0 Å². The molecule has 3 rings (SSSR count). The van der Waals surface area contributed by atoms with Gasteiger partial charge in [0.05, 0.1) is 30.1 Å². The van der Waals surface area contributed by atoms with Crippen molar-refractivity contribution in [3.8, 4) is 23.3 Å². The van der Waals surface area contributed by atoms with Gasteiger partial charge < -0.3 is 9.67 Å². The number of nitriles is 2. The molecule has 1 aromatic carbocycles. The van der Waals surface area contributed by atoms with E-state index in [0.717, 1.165) is 28.1 Å². The molecule has 32 heavy (non-hydrogen) atoms. The van der Waals surface area contributed by atoms with E-state index < -0.39 is 10.1 Å². The quantitative estimate of drug-likeness (QED) is 0.436. The minimum atomic E-state index is -3.67. The lowest BCUT2D eigenvalue weighted by atomic mass is 10.0. The molecular formula is C22H21ClN4O4S. The maximum absolute atomic E-state index is 9.71. The molecule has 0 atom stereocenters. The van der Waals surface area contributed by atoms with E-state index in [1.165, 1.54) is 0 Å². The topological polar surface area (TPSA) is 140 Å². The van der Waals surface area contributed by atoms with Crippen LogP contribution in [0.15, 0.2) is 36.5 Å². The maximum atomic E-state index is 9.71. The third kappa shape index (κ3) is 6.16. The van der Waals surface area contributed by atoms with Crippen LogP contribution >= 0.6 is 11.6 Å². The smallest absolute Gasteiger partial charge is 0.261 e. The van der Waals surface area contributed by atoms with Gasteiger partial charge in [0.1, 0.15) is 11.2 Å².